The molecule has 0 atom stereocenters. The zero-order valence-electron chi connectivity index (χ0n) is 13.9. The second-order valence-corrected chi connectivity index (χ2v) is 6.71. The van der Waals surface area contributed by atoms with E-state index in [-0.39, 0.29) is 10.6 Å². The maximum absolute atomic E-state index is 11.2. The summed E-state index contributed by atoms with van der Waals surface area (Å²) in [5, 5.41) is 13.9. The van der Waals surface area contributed by atoms with E-state index in [9.17, 15) is 10.1 Å². The molecule has 2 aromatic carbocycles. The van der Waals surface area contributed by atoms with Crippen LogP contribution < -0.4 is 0 Å². The monoisotopic (exact) mass is 362 g/mol. The van der Waals surface area contributed by atoms with Gasteiger partial charge in [0.15, 0.2) is 0 Å². The Labute approximate surface area is 153 Å². The van der Waals surface area contributed by atoms with Crippen LogP contribution in [-0.4, -0.2) is 9.91 Å². The molecule has 0 saturated heterocycles. The number of aryl methyl sites for hydroxylation is 1. The van der Waals surface area contributed by atoms with Crippen molar-refractivity contribution >= 4 is 17.0 Å². The fourth-order valence-corrected chi connectivity index (χ4v) is 3.58. The quantitative estimate of drug-likeness (QED) is 0.332. The van der Waals surface area contributed by atoms with Crippen molar-refractivity contribution in [3.63, 3.8) is 0 Å². The van der Waals surface area contributed by atoms with Crippen molar-refractivity contribution in [1.29, 1.82) is 0 Å². The molecule has 0 bridgehead atoms. The summed E-state index contributed by atoms with van der Waals surface area (Å²) in [5.74, 6) is 0.804. The van der Waals surface area contributed by atoms with Gasteiger partial charge >= 0.3 is 0 Å². The standard InChI is InChI=1S/C20H14N2O3S/c1-13-7-8-14(11-18(13)22(23)24)17-12-26-20(21-17)16-5-2-4-15(10-16)19-6-3-9-25-19/h2-12H,1H3. The van der Waals surface area contributed by atoms with Crippen LogP contribution in [-0.2, 0) is 0 Å². The molecule has 0 fully saturated rings. The molecule has 2 heterocycles. The van der Waals surface area contributed by atoms with Crippen LogP contribution in [0.5, 0.6) is 0 Å². The number of benzene rings is 2. The van der Waals surface area contributed by atoms with E-state index >= 15 is 0 Å². The molecular weight excluding hydrogens is 348 g/mol. The molecule has 5 nitrogen and oxygen atoms in total. The second-order valence-electron chi connectivity index (χ2n) is 5.85. The predicted octanol–water partition coefficient (Wildman–Crippen LogP) is 5.95. The van der Waals surface area contributed by atoms with Crippen LogP contribution in [0, 0.1) is 17.0 Å². The Morgan fingerprint density at radius 1 is 1.04 bits per heavy atom. The molecule has 6 heteroatoms. The number of furan rings is 1. The Morgan fingerprint density at radius 2 is 1.88 bits per heavy atom. The van der Waals surface area contributed by atoms with E-state index < -0.39 is 0 Å². The van der Waals surface area contributed by atoms with Gasteiger partial charge in [-0.3, -0.25) is 10.1 Å². The Bertz CT molecular complexity index is 1080. The molecule has 0 spiro atoms. The van der Waals surface area contributed by atoms with Crippen LogP contribution in [0.3, 0.4) is 0 Å². The highest BCUT2D eigenvalue weighted by Crippen LogP contribution is 2.33. The number of hydrogen-bond donors (Lipinski definition) is 0. The molecular formula is C20H14N2O3S. The highest BCUT2D eigenvalue weighted by Gasteiger charge is 2.14. The predicted molar refractivity (Wildman–Crippen MR) is 102 cm³/mol. The molecule has 0 amide bonds. The molecule has 4 rings (SSSR count). The van der Waals surface area contributed by atoms with Crippen LogP contribution in [0.1, 0.15) is 5.56 Å². The average Bonchev–Trinajstić information content (AvgIpc) is 3.34. The van der Waals surface area contributed by atoms with E-state index in [1.54, 1.807) is 25.3 Å². The Morgan fingerprint density at radius 3 is 2.65 bits per heavy atom. The number of hydrogen-bond acceptors (Lipinski definition) is 5. The molecule has 0 aliphatic heterocycles. The molecule has 128 valence electrons. The average molecular weight is 362 g/mol. The summed E-state index contributed by atoms with van der Waals surface area (Å²) in [4.78, 5) is 15.5. The van der Waals surface area contributed by atoms with Crippen LogP contribution in [0.25, 0.3) is 33.2 Å². The lowest BCUT2D eigenvalue weighted by Crippen LogP contribution is -1.92. The zero-order chi connectivity index (χ0) is 18.1. The Hall–Kier alpha value is -3.25. The molecule has 2 aromatic heterocycles. The first-order valence-electron chi connectivity index (χ1n) is 7.97. The summed E-state index contributed by atoms with van der Waals surface area (Å²) in [6, 6.07) is 16.9. The fourth-order valence-electron chi connectivity index (χ4n) is 2.75. The summed E-state index contributed by atoms with van der Waals surface area (Å²) in [6.07, 6.45) is 1.65. The third-order valence-corrected chi connectivity index (χ3v) is 5.01. The van der Waals surface area contributed by atoms with Crippen molar-refractivity contribution in [3.8, 4) is 33.2 Å². The molecule has 26 heavy (non-hydrogen) atoms. The van der Waals surface area contributed by atoms with Crippen LogP contribution in [0.4, 0.5) is 5.69 Å². The number of rotatable bonds is 4. The minimum atomic E-state index is -0.362. The molecule has 4 aromatic rings. The number of nitrogens with zero attached hydrogens (tertiary/aromatic N) is 2. The van der Waals surface area contributed by atoms with E-state index in [0.717, 1.165) is 33.2 Å². The fraction of sp³-hybridized carbons (Fsp3) is 0.0500. The van der Waals surface area contributed by atoms with Crippen molar-refractivity contribution in [1.82, 2.24) is 4.98 Å². The van der Waals surface area contributed by atoms with Crippen molar-refractivity contribution in [3.05, 3.63) is 81.9 Å². The molecule has 0 radical (unpaired) electrons. The number of thiazole rings is 1. The Kier molecular flexibility index (Phi) is 4.10. The largest absolute Gasteiger partial charge is 0.464 e. The molecule has 0 unspecified atom stereocenters. The highest BCUT2D eigenvalue weighted by atomic mass is 32.1. The molecule has 0 aliphatic carbocycles. The van der Waals surface area contributed by atoms with E-state index in [1.165, 1.54) is 11.3 Å². The lowest BCUT2D eigenvalue weighted by molar-refractivity contribution is -0.385. The van der Waals surface area contributed by atoms with Gasteiger partial charge in [0.2, 0.25) is 0 Å². The van der Waals surface area contributed by atoms with E-state index in [4.69, 9.17) is 4.42 Å². The first-order chi connectivity index (χ1) is 12.6. The van der Waals surface area contributed by atoms with Gasteiger partial charge in [0.1, 0.15) is 10.8 Å². The third-order valence-electron chi connectivity index (χ3n) is 4.12. The van der Waals surface area contributed by atoms with Gasteiger partial charge in [-0.1, -0.05) is 30.3 Å². The van der Waals surface area contributed by atoms with E-state index in [2.05, 4.69) is 4.98 Å². The molecule has 0 N–H and O–H groups in total. The maximum Gasteiger partial charge on any atom is 0.272 e. The number of nitro benzene ring substituents is 1. The second kappa shape index (κ2) is 6.57. The van der Waals surface area contributed by atoms with Gasteiger partial charge in [-0.05, 0) is 25.1 Å². The van der Waals surface area contributed by atoms with Gasteiger partial charge in [0.25, 0.3) is 5.69 Å². The number of nitro groups is 1. The smallest absolute Gasteiger partial charge is 0.272 e. The van der Waals surface area contributed by atoms with Crippen LogP contribution in [0.15, 0.2) is 70.7 Å². The minimum Gasteiger partial charge on any atom is -0.464 e. The van der Waals surface area contributed by atoms with Crippen molar-refractivity contribution in [2.24, 2.45) is 0 Å². The lowest BCUT2D eigenvalue weighted by Gasteiger charge is -2.01. The van der Waals surface area contributed by atoms with Crippen LogP contribution in [0.2, 0.25) is 0 Å². The lowest BCUT2D eigenvalue weighted by atomic mass is 10.1. The first kappa shape index (κ1) is 16.2. The minimum absolute atomic E-state index is 0.108. The first-order valence-corrected chi connectivity index (χ1v) is 8.85. The topological polar surface area (TPSA) is 69.2 Å². The van der Waals surface area contributed by atoms with Gasteiger partial charge in [-0.2, -0.15) is 0 Å². The van der Waals surface area contributed by atoms with E-state index in [0.29, 0.717) is 5.56 Å². The maximum atomic E-state index is 11.2. The van der Waals surface area contributed by atoms with E-state index in [1.807, 2.05) is 47.8 Å². The molecule has 0 saturated carbocycles. The van der Waals surface area contributed by atoms with Crippen molar-refractivity contribution in [2.45, 2.75) is 6.92 Å². The van der Waals surface area contributed by atoms with Gasteiger partial charge in [0.05, 0.1) is 16.9 Å². The molecule has 0 aliphatic rings. The SMILES string of the molecule is Cc1ccc(-c2csc(-c3cccc(-c4ccco4)c3)n2)cc1[N+](=O)[O-]. The summed E-state index contributed by atoms with van der Waals surface area (Å²) in [6.45, 7) is 1.73. The third kappa shape index (κ3) is 3.02. The van der Waals surface area contributed by atoms with Gasteiger partial charge < -0.3 is 4.42 Å². The zero-order valence-corrected chi connectivity index (χ0v) is 14.7. The summed E-state index contributed by atoms with van der Waals surface area (Å²) < 4.78 is 5.45. The van der Waals surface area contributed by atoms with Crippen molar-refractivity contribution < 1.29 is 9.34 Å². The van der Waals surface area contributed by atoms with Crippen molar-refractivity contribution in [2.75, 3.05) is 0 Å². The normalized spacial score (nSPS) is 10.8. The summed E-state index contributed by atoms with van der Waals surface area (Å²) >= 11 is 1.51. The summed E-state index contributed by atoms with van der Waals surface area (Å²) in [5.41, 5.74) is 4.19. The van der Waals surface area contributed by atoms with Crippen LogP contribution >= 0.6 is 11.3 Å². The van der Waals surface area contributed by atoms with Gasteiger partial charge in [-0.15, -0.1) is 11.3 Å². The highest BCUT2D eigenvalue weighted by molar-refractivity contribution is 7.13. The Balaban J connectivity index is 1.70. The summed E-state index contributed by atoms with van der Waals surface area (Å²) in [7, 11) is 0. The van der Waals surface area contributed by atoms with Gasteiger partial charge in [0, 0.05) is 33.7 Å². The number of aromatic nitrogens is 1. The van der Waals surface area contributed by atoms with Gasteiger partial charge in [-0.25, -0.2) is 4.98 Å².